The summed E-state index contributed by atoms with van der Waals surface area (Å²) in [5, 5.41) is 1.09. The smallest absolute Gasteiger partial charge is 0.338 e. The Hall–Kier alpha value is -1.77. The fraction of sp³-hybridized carbons (Fsp3) is 0.357. The van der Waals surface area contributed by atoms with E-state index in [2.05, 4.69) is 6.92 Å². The summed E-state index contributed by atoms with van der Waals surface area (Å²) in [6.45, 7) is 4.04. The largest absolute Gasteiger partial charge is 0.465 e. The van der Waals surface area contributed by atoms with Crippen molar-refractivity contribution >= 4 is 16.9 Å². The topological polar surface area (TPSA) is 39.4 Å². The molecule has 2 aromatic rings. The quantitative estimate of drug-likeness (QED) is 0.760. The molecule has 1 heterocycles. The molecule has 1 aromatic carbocycles. The van der Waals surface area contributed by atoms with Crippen LogP contribution in [0.2, 0.25) is 0 Å². The lowest BCUT2D eigenvalue weighted by atomic mass is 10.0. The molecule has 3 heteroatoms. The first-order chi connectivity index (χ1) is 8.17. The molecule has 0 aliphatic carbocycles. The Bertz CT molecular complexity index is 552. The van der Waals surface area contributed by atoms with Gasteiger partial charge in [-0.15, -0.1) is 0 Å². The number of fused-ring (bicyclic) bond motifs is 1. The number of aryl methyl sites for hydroxylation is 2. The van der Waals surface area contributed by atoms with E-state index in [1.54, 1.807) is 12.3 Å². The highest BCUT2D eigenvalue weighted by molar-refractivity contribution is 5.96. The lowest BCUT2D eigenvalue weighted by Crippen LogP contribution is -2.03. The highest BCUT2D eigenvalue weighted by atomic mass is 16.5. The number of ether oxygens (including phenoxy) is 1. The van der Waals surface area contributed by atoms with Crippen LogP contribution in [0.5, 0.6) is 0 Å². The van der Waals surface area contributed by atoms with E-state index in [9.17, 15) is 4.79 Å². The first-order valence-corrected chi connectivity index (χ1v) is 5.76. The van der Waals surface area contributed by atoms with Crippen molar-refractivity contribution < 1.29 is 13.9 Å². The van der Waals surface area contributed by atoms with Gasteiger partial charge in [0, 0.05) is 5.39 Å². The second kappa shape index (κ2) is 4.62. The standard InChI is InChI=1S/C14H16O3/c1-4-5-10-8-17-13-7-11(14(15)16-3)9(2)6-12(10)13/h6-8H,4-5H2,1-3H3. The van der Waals surface area contributed by atoms with Crippen molar-refractivity contribution in [2.75, 3.05) is 7.11 Å². The predicted molar refractivity (Wildman–Crippen MR) is 66.3 cm³/mol. The van der Waals surface area contributed by atoms with Gasteiger partial charge in [0.1, 0.15) is 5.58 Å². The summed E-state index contributed by atoms with van der Waals surface area (Å²) in [6.07, 6.45) is 3.84. The molecular weight excluding hydrogens is 216 g/mol. The zero-order chi connectivity index (χ0) is 12.4. The lowest BCUT2D eigenvalue weighted by molar-refractivity contribution is 0.0600. The average molecular weight is 232 g/mol. The van der Waals surface area contributed by atoms with Crippen molar-refractivity contribution in [1.29, 1.82) is 0 Å². The molecule has 0 atom stereocenters. The highest BCUT2D eigenvalue weighted by Crippen LogP contribution is 2.26. The normalized spacial score (nSPS) is 10.8. The van der Waals surface area contributed by atoms with E-state index >= 15 is 0 Å². The number of carbonyl (C=O) groups excluding carboxylic acids is 1. The van der Waals surface area contributed by atoms with Gasteiger partial charge in [-0.05, 0) is 36.6 Å². The summed E-state index contributed by atoms with van der Waals surface area (Å²) < 4.78 is 10.2. The Morgan fingerprint density at radius 1 is 1.41 bits per heavy atom. The monoisotopic (exact) mass is 232 g/mol. The van der Waals surface area contributed by atoms with Crippen LogP contribution in [0.15, 0.2) is 22.8 Å². The number of methoxy groups -OCH3 is 1. The minimum absolute atomic E-state index is 0.321. The maximum Gasteiger partial charge on any atom is 0.338 e. The predicted octanol–water partition coefficient (Wildman–Crippen LogP) is 3.48. The molecule has 0 saturated heterocycles. The molecule has 0 unspecified atom stereocenters. The zero-order valence-electron chi connectivity index (χ0n) is 10.4. The number of benzene rings is 1. The van der Waals surface area contributed by atoms with Crippen molar-refractivity contribution in [2.45, 2.75) is 26.7 Å². The Morgan fingerprint density at radius 2 is 2.18 bits per heavy atom. The summed E-state index contributed by atoms with van der Waals surface area (Å²) in [5.41, 5.74) is 3.43. The van der Waals surface area contributed by atoms with Crippen molar-refractivity contribution in [3.8, 4) is 0 Å². The third kappa shape index (κ3) is 2.05. The molecule has 0 bridgehead atoms. The third-order valence-corrected chi connectivity index (χ3v) is 2.93. The maximum absolute atomic E-state index is 11.5. The zero-order valence-corrected chi connectivity index (χ0v) is 10.4. The fourth-order valence-corrected chi connectivity index (χ4v) is 2.03. The van der Waals surface area contributed by atoms with Gasteiger partial charge in [0.2, 0.25) is 0 Å². The summed E-state index contributed by atoms with van der Waals surface area (Å²) in [5.74, 6) is -0.321. The Balaban J connectivity index is 2.56. The first-order valence-electron chi connectivity index (χ1n) is 5.76. The Morgan fingerprint density at radius 3 is 2.82 bits per heavy atom. The molecule has 0 amide bonds. The molecule has 0 aliphatic heterocycles. The van der Waals surface area contributed by atoms with E-state index in [-0.39, 0.29) is 5.97 Å². The van der Waals surface area contributed by atoms with Crippen LogP contribution in [0.4, 0.5) is 0 Å². The van der Waals surface area contributed by atoms with E-state index in [4.69, 9.17) is 9.15 Å². The molecule has 90 valence electrons. The Labute approximate surface area is 100 Å². The second-order valence-electron chi connectivity index (χ2n) is 4.17. The van der Waals surface area contributed by atoms with E-state index in [1.165, 1.54) is 12.7 Å². The van der Waals surface area contributed by atoms with Crippen LogP contribution in [-0.2, 0) is 11.2 Å². The summed E-state index contributed by atoms with van der Waals surface area (Å²) in [7, 11) is 1.39. The number of esters is 1. The number of hydrogen-bond donors (Lipinski definition) is 0. The third-order valence-electron chi connectivity index (χ3n) is 2.93. The van der Waals surface area contributed by atoms with Crippen LogP contribution >= 0.6 is 0 Å². The van der Waals surface area contributed by atoms with Gasteiger partial charge in [0.25, 0.3) is 0 Å². The van der Waals surface area contributed by atoms with Crippen molar-refractivity contribution in [2.24, 2.45) is 0 Å². The van der Waals surface area contributed by atoms with Crippen LogP contribution in [0.3, 0.4) is 0 Å². The maximum atomic E-state index is 11.5. The lowest BCUT2D eigenvalue weighted by Gasteiger charge is -2.04. The van der Waals surface area contributed by atoms with Gasteiger partial charge in [-0.2, -0.15) is 0 Å². The van der Waals surface area contributed by atoms with Gasteiger partial charge < -0.3 is 9.15 Å². The van der Waals surface area contributed by atoms with Crippen LogP contribution in [0, 0.1) is 6.92 Å². The molecule has 1 aromatic heterocycles. The SMILES string of the molecule is CCCc1coc2cc(C(=O)OC)c(C)cc12. The molecule has 0 fully saturated rings. The van der Waals surface area contributed by atoms with Crippen molar-refractivity contribution in [3.63, 3.8) is 0 Å². The van der Waals surface area contributed by atoms with Gasteiger partial charge in [-0.25, -0.2) is 4.79 Å². The number of hydrogen-bond acceptors (Lipinski definition) is 3. The van der Waals surface area contributed by atoms with Crippen LogP contribution in [0.1, 0.15) is 34.8 Å². The minimum atomic E-state index is -0.321. The molecule has 3 nitrogen and oxygen atoms in total. The van der Waals surface area contributed by atoms with Crippen molar-refractivity contribution in [3.05, 3.63) is 35.1 Å². The molecule has 0 aliphatic rings. The van der Waals surface area contributed by atoms with Gasteiger partial charge in [-0.1, -0.05) is 13.3 Å². The molecular formula is C14H16O3. The van der Waals surface area contributed by atoms with Crippen LogP contribution < -0.4 is 0 Å². The number of carbonyl (C=O) groups is 1. The van der Waals surface area contributed by atoms with E-state index < -0.39 is 0 Å². The van der Waals surface area contributed by atoms with Gasteiger partial charge in [-0.3, -0.25) is 0 Å². The molecule has 0 N–H and O–H groups in total. The first kappa shape index (κ1) is 11.7. The summed E-state index contributed by atoms with van der Waals surface area (Å²) >= 11 is 0. The minimum Gasteiger partial charge on any atom is -0.465 e. The van der Waals surface area contributed by atoms with Gasteiger partial charge in [0.15, 0.2) is 0 Å². The second-order valence-corrected chi connectivity index (χ2v) is 4.17. The van der Waals surface area contributed by atoms with Gasteiger partial charge >= 0.3 is 5.97 Å². The molecule has 0 radical (unpaired) electrons. The van der Waals surface area contributed by atoms with Crippen molar-refractivity contribution in [1.82, 2.24) is 0 Å². The molecule has 2 rings (SSSR count). The summed E-state index contributed by atoms with van der Waals surface area (Å²) in [4.78, 5) is 11.5. The summed E-state index contributed by atoms with van der Waals surface area (Å²) in [6, 6.07) is 3.76. The number of furan rings is 1. The van der Waals surface area contributed by atoms with Crippen LogP contribution in [0.25, 0.3) is 11.0 Å². The Kier molecular flexibility index (Phi) is 3.18. The van der Waals surface area contributed by atoms with E-state index in [1.807, 2.05) is 13.0 Å². The van der Waals surface area contributed by atoms with Crippen LogP contribution in [-0.4, -0.2) is 13.1 Å². The van der Waals surface area contributed by atoms with Gasteiger partial charge in [0.05, 0.1) is 18.9 Å². The fourth-order valence-electron chi connectivity index (χ4n) is 2.03. The molecule has 0 saturated carbocycles. The molecule has 17 heavy (non-hydrogen) atoms. The number of rotatable bonds is 3. The average Bonchev–Trinajstić information content (AvgIpc) is 2.70. The highest BCUT2D eigenvalue weighted by Gasteiger charge is 2.13. The molecule has 0 spiro atoms. The van der Waals surface area contributed by atoms with E-state index in [0.29, 0.717) is 5.56 Å². The van der Waals surface area contributed by atoms with E-state index in [0.717, 1.165) is 29.4 Å².